The number of alkyl carbamates (subject to hydrolysis) is 2. The van der Waals surface area contributed by atoms with E-state index in [1.54, 1.807) is 41.5 Å². The molecule has 0 aromatic heterocycles. The Hall–Kier alpha value is -2.28. The van der Waals surface area contributed by atoms with Gasteiger partial charge in [0.15, 0.2) is 0 Å². The minimum atomic E-state index is -0.571. The number of nitrogens with one attached hydrogen (secondary N) is 2. The standard InChI is InChI=1S/C21H34N2O5/c1-20(2,3)27-18(24)22-12-17(13-23-19(25)28-21(4,5)6)15-26-14-16-10-8-7-9-11-16/h7-11,17H,12-15H2,1-6H3,(H,22,24)(H,23,25). The first-order valence-electron chi connectivity index (χ1n) is 9.50. The Labute approximate surface area is 168 Å². The van der Waals surface area contributed by atoms with E-state index in [-0.39, 0.29) is 5.92 Å². The number of hydrogen-bond donors (Lipinski definition) is 2. The molecule has 0 radical (unpaired) electrons. The molecule has 0 unspecified atom stereocenters. The van der Waals surface area contributed by atoms with Crippen molar-refractivity contribution in [2.24, 2.45) is 5.92 Å². The Morgan fingerprint density at radius 2 is 1.32 bits per heavy atom. The molecule has 0 fully saturated rings. The van der Waals surface area contributed by atoms with Crippen LogP contribution in [-0.4, -0.2) is 43.1 Å². The number of rotatable bonds is 8. The third-order valence-electron chi connectivity index (χ3n) is 3.33. The average Bonchev–Trinajstić information content (AvgIpc) is 2.54. The van der Waals surface area contributed by atoms with E-state index in [2.05, 4.69) is 10.6 Å². The average molecular weight is 395 g/mol. The highest BCUT2D eigenvalue weighted by atomic mass is 16.6. The fourth-order valence-electron chi connectivity index (χ4n) is 2.19. The Balaban J connectivity index is 2.52. The van der Waals surface area contributed by atoms with Gasteiger partial charge in [-0.25, -0.2) is 9.59 Å². The molecule has 0 aliphatic carbocycles. The highest BCUT2D eigenvalue weighted by Crippen LogP contribution is 2.09. The van der Waals surface area contributed by atoms with Gasteiger partial charge >= 0.3 is 12.2 Å². The Bertz CT molecular complexity index is 573. The molecule has 2 N–H and O–H groups in total. The van der Waals surface area contributed by atoms with Crippen molar-refractivity contribution in [2.75, 3.05) is 19.7 Å². The summed E-state index contributed by atoms with van der Waals surface area (Å²) in [4.78, 5) is 23.8. The lowest BCUT2D eigenvalue weighted by Crippen LogP contribution is -2.41. The lowest BCUT2D eigenvalue weighted by molar-refractivity contribution is 0.0452. The lowest BCUT2D eigenvalue weighted by Gasteiger charge is -2.23. The fourth-order valence-corrected chi connectivity index (χ4v) is 2.19. The summed E-state index contributed by atoms with van der Waals surface area (Å²) in [5.74, 6) is -0.135. The first-order valence-corrected chi connectivity index (χ1v) is 9.50. The van der Waals surface area contributed by atoms with Gasteiger partial charge in [-0.1, -0.05) is 30.3 Å². The zero-order valence-corrected chi connectivity index (χ0v) is 17.8. The number of carbonyl (C=O) groups excluding carboxylic acids is 2. The van der Waals surface area contributed by atoms with Crippen molar-refractivity contribution in [1.82, 2.24) is 10.6 Å². The highest BCUT2D eigenvalue weighted by molar-refractivity contribution is 5.68. The van der Waals surface area contributed by atoms with E-state index in [1.165, 1.54) is 0 Å². The number of hydrogen-bond acceptors (Lipinski definition) is 5. The third-order valence-corrected chi connectivity index (χ3v) is 3.33. The van der Waals surface area contributed by atoms with Crippen molar-refractivity contribution in [3.8, 4) is 0 Å². The van der Waals surface area contributed by atoms with Crippen molar-refractivity contribution >= 4 is 12.2 Å². The van der Waals surface area contributed by atoms with Crippen molar-refractivity contribution in [1.29, 1.82) is 0 Å². The zero-order valence-electron chi connectivity index (χ0n) is 17.8. The predicted molar refractivity (Wildman–Crippen MR) is 108 cm³/mol. The van der Waals surface area contributed by atoms with E-state index in [0.717, 1.165) is 5.56 Å². The van der Waals surface area contributed by atoms with E-state index in [0.29, 0.717) is 26.3 Å². The first kappa shape index (κ1) is 23.8. The van der Waals surface area contributed by atoms with Gasteiger partial charge in [-0.2, -0.15) is 0 Å². The molecule has 7 heteroatoms. The maximum atomic E-state index is 11.9. The van der Waals surface area contributed by atoms with Crippen LogP contribution in [0, 0.1) is 5.92 Å². The lowest BCUT2D eigenvalue weighted by atomic mass is 10.1. The van der Waals surface area contributed by atoms with Gasteiger partial charge in [0.1, 0.15) is 11.2 Å². The number of ether oxygens (including phenoxy) is 3. The van der Waals surface area contributed by atoms with Crippen LogP contribution in [0.1, 0.15) is 47.1 Å². The maximum Gasteiger partial charge on any atom is 0.407 e. The van der Waals surface area contributed by atoms with Crippen LogP contribution in [-0.2, 0) is 20.8 Å². The minimum Gasteiger partial charge on any atom is -0.444 e. The molecule has 158 valence electrons. The molecule has 2 amide bonds. The van der Waals surface area contributed by atoms with Gasteiger partial charge in [0.2, 0.25) is 0 Å². The van der Waals surface area contributed by atoms with E-state index >= 15 is 0 Å². The summed E-state index contributed by atoms with van der Waals surface area (Å²) in [6.45, 7) is 12.2. The summed E-state index contributed by atoms with van der Waals surface area (Å²) in [5.41, 5.74) is -0.0857. The molecule has 0 atom stereocenters. The molecular formula is C21H34N2O5. The summed E-state index contributed by atoms with van der Waals surface area (Å²) in [6.07, 6.45) is -1.00. The Morgan fingerprint density at radius 3 is 1.75 bits per heavy atom. The van der Waals surface area contributed by atoms with E-state index in [4.69, 9.17) is 14.2 Å². The molecule has 0 saturated carbocycles. The molecule has 28 heavy (non-hydrogen) atoms. The Morgan fingerprint density at radius 1 is 0.857 bits per heavy atom. The number of carbonyl (C=O) groups is 2. The van der Waals surface area contributed by atoms with Gasteiger partial charge in [-0.3, -0.25) is 0 Å². The number of amides is 2. The topological polar surface area (TPSA) is 85.9 Å². The van der Waals surface area contributed by atoms with Crippen LogP contribution in [0.4, 0.5) is 9.59 Å². The molecule has 0 spiro atoms. The quantitative estimate of drug-likeness (QED) is 0.699. The third kappa shape index (κ3) is 12.2. The molecule has 0 bridgehead atoms. The smallest absolute Gasteiger partial charge is 0.407 e. The molecule has 1 rings (SSSR count). The number of benzene rings is 1. The second kappa shape index (κ2) is 10.9. The van der Waals surface area contributed by atoms with Crippen LogP contribution in [0.5, 0.6) is 0 Å². The van der Waals surface area contributed by atoms with Crippen LogP contribution in [0.2, 0.25) is 0 Å². The summed E-state index contributed by atoms with van der Waals surface area (Å²) < 4.78 is 16.3. The first-order chi connectivity index (χ1) is 12.9. The largest absolute Gasteiger partial charge is 0.444 e. The molecule has 0 aliphatic heterocycles. The summed E-state index contributed by atoms with van der Waals surface area (Å²) in [6, 6.07) is 9.80. The van der Waals surface area contributed by atoms with E-state index in [1.807, 2.05) is 30.3 Å². The molecular weight excluding hydrogens is 360 g/mol. The van der Waals surface area contributed by atoms with Crippen LogP contribution >= 0.6 is 0 Å². The van der Waals surface area contributed by atoms with Crippen LogP contribution < -0.4 is 10.6 Å². The van der Waals surface area contributed by atoms with Gasteiger partial charge in [-0.15, -0.1) is 0 Å². The molecule has 1 aromatic carbocycles. The van der Waals surface area contributed by atoms with Gasteiger partial charge in [-0.05, 0) is 47.1 Å². The molecule has 7 nitrogen and oxygen atoms in total. The van der Waals surface area contributed by atoms with Gasteiger partial charge < -0.3 is 24.8 Å². The molecule has 0 saturated heterocycles. The van der Waals surface area contributed by atoms with Gasteiger partial charge in [0.05, 0.1) is 13.2 Å². The maximum absolute atomic E-state index is 11.9. The minimum absolute atomic E-state index is 0.135. The second-order valence-corrected chi connectivity index (χ2v) is 8.63. The van der Waals surface area contributed by atoms with Crippen molar-refractivity contribution in [3.05, 3.63) is 35.9 Å². The SMILES string of the molecule is CC(C)(C)OC(=O)NCC(CNC(=O)OC(C)(C)C)COCc1ccccc1. The van der Waals surface area contributed by atoms with Gasteiger partial charge in [0.25, 0.3) is 0 Å². The summed E-state index contributed by atoms with van der Waals surface area (Å²) >= 11 is 0. The van der Waals surface area contributed by atoms with Crippen LogP contribution in [0.3, 0.4) is 0 Å². The van der Waals surface area contributed by atoms with Crippen molar-refractivity contribution in [3.63, 3.8) is 0 Å². The second-order valence-electron chi connectivity index (χ2n) is 8.63. The zero-order chi connectivity index (χ0) is 21.2. The summed E-state index contributed by atoms with van der Waals surface area (Å²) in [5, 5.41) is 5.45. The fraction of sp³-hybridized carbons (Fsp3) is 0.619. The molecule has 0 heterocycles. The van der Waals surface area contributed by atoms with Crippen LogP contribution in [0.15, 0.2) is 30.3 Å². The summed E-state index contributed by atoms with van der Waals surface area (Å²) in [7, 11) is 0. The highest BCUT2D eigenvalue weighted by Gasteiger charge is 2.20. The van der Waals surface area contributed by atoms with E-state index in [9.17, 15) is 9.59 Å². The normalized spacial score (nSPS) is 11.8. The Kier molecular flexibility index (Phi) is 9.25. The van der Waals surface area contributed by atoms with E-state index < -0.39 is 23.4 Å². The van der Waals surface area contributed by atoms with Crippen molar-refractivity contribution < 1.29 is 23.8 Å². The van der Waals surface area contributed by atoms with Gasteiger partial charge in [0, 0.05) is 19.0 Å². The molecule has 0 aliphatic rings. The monoisotopic (exact) mass is 394 g/mol. The predicted octanol–water partition coefficient (Wildman–Crippen LogP) is 3.87. The van der Waals surface area contributed by atoms with Crippen molar-refractivity contribution in [2.45, 2.75) is 59.4 Å². The molecule has 1 aromatic rings. The van der Waals surface area contributed by atoms with Crippen LogP contribution in [0.25, 0.3) is 0 Å².